The van der Waals surface area contributed by atoms with Crippen LogP contribution in [0.2, 0.25) is 0 Å². The first-order valence-electron chi connectivity index (χ1n) is 8.38. The number of nitrogens with one attached hydrogen (secondary N) is 1. The number of hydrogen-bond donors (Lipinski definition) is 1. The third-order valence-corrected chi connectivity index (χ3v) is 5.33. The molecular formula is C19H18N2O4S. The summed E-state index contributed by atoms with van der Waals surface area (Å²) in [6.07, 6.45) is 0.683. The van der Waals surface area contributed by atoms with E-state index in [9.17, 15) is 9.59 Å². The van der Waals surface area contributed by atoms with Crippen LogP contribution in [0.4, 0.5) is 5.69 Å². The van der Waals surface area contributed by atoms with Gasteiger partial charge in [0.2, 0.25) is 18.6 Å². The van der Waals surface area contributed by atoms with E-state index in [1.807, 2.05) is 42.5 Å². The second-order valence-corrected chi connectivity index (χ2v) is 7.04. The molecule has 0 radical (unpaired) electrons. The molecule has 2 aliphatic heterocycles. The zero-order chi connectivity index (χ0) is 17.9. The Morgan fingerprint density at radius 1 is 1.15 bits per heavy atom. The predicted octanol–water partition coefficient (Wildman–Crippen LogP) is 2.21. The molecule has 1 N–H and O–H groups in total. The maximum Gasteiger partial charge on any atom is 0.240 e. The van der Waals surface area contributed by atoms with Crippen molar-refractivity contribution in [1.82, 2.24) is 5.32 Å². The number of anilines is 1. The lowest BCUT2D eigenvalue weighted by Gasteiger charge is -2.28. The normalized spacial score (nSPS) is 14.9. The molecule has 134 valence electrons. The van der Waals surface area contributed by atoms with E-state index in [2.05, 4.69) is 5.32 Å². The van der Waals surface area contributed by atoms with Gasteiger partial charge in [-0.25, -0.2) is 0 Å². The van der Waals surface area contributed by atoms with Crippen molar-refractivity contribution in [3.05, 3.63) is 48.0 Å². The highest BCUT2D eigenvalue weighted by atomic mass is 32.2. The third kappa shape index (κ3) is 3.48. The molecule has 0 atom stereocenters. The van der Waals surface area contributed by atoms with Crippen LogP contribution >= 0.6 is 11.8 Å². The summed E-state index contributed by atoms with van der Waals surface area (Å²) in [5, 5.41) is 2.89. The van der Waals surface area contributed by atoms with Crippen LogP contribution in [0, 0.1) is 0 Å². The summed E-state index contributed by atoms with van der Waals surface area (Å²) < 4.78 is 10.6. The Bertz CT molecular complexity index is 855. The van der Waals surface area contributed by atoms with Gasteiger partial charge in [-0.05, 0) is 36.2 Å². The molecule has 0 aromatic heterocycles. The zero-order valence-corrected chi connectivity index (χ0v) is 14.9. The number of ether oxygens (including phenoxy) is 2. The molecule has 0 spiro atoms. The fraction of sp³-hybridized carbons (Fsp3) is 0.263. The van der Waals surface area contributed by atoms with E-state index in [0.717, 1.165) is 27.6 Å². The fourth-order valence-electron chi connectivity index (χ4n) is 2.97. The molecule has 2 aliphatic rings. The summed E-state index contributed by atoms with van der Waals surface area (Å²) >= 11 is 1.51. The number of nitrogens with zero attached hydrogens (tertiary/aromatic N) is 1. The Hall–Kier alpha value is -2.67. The standard InChI is InChI=1S/C19H18N2O4S/c22-18(10-21-14-3-1-2-4-17(14)26-11-19(21)23)20-8-7-13-5-6-15-16(9-13)25-12-24-15/h1-6,9H,7-8,10-12H2,(H,20,22). The van der Waals surface area contributed by atoms with Crippen LogP contribution in [0.1, 0.15) is 5.56 Å². The number of carbonyl (C=O) groups excluding carboxylic acids is 2. The lowest BCUT2D eigenvalue weighted by molar-refractivity contribution is -0.122. The van der Waals surface area contributed by atoms with Crippen LogP contribution in [-0.4, -0.2) is 37.4 Å². The van der Waals surface area contributed by atoms with Crippen molar-refractivity contribution >= 4 is 29.3 Å². The highest BCUT2D eigenvalue weighted by Gasteiger charge is 2.26. The van der Waals surface area contributed by atoms with Gasteiger partial charge in [0, 0.05) is 11.4 Å². The van der Waals surface area contributed by atoms with Crippen molar-refractivity contribution in [2.75, 3.05) is 30.5 Å². The third-order valence-electron chi connectivity index (χ3n) is 4.28. The predicted molar refractivity (Wildman–Crippen MR) is 98.8 cm³/mol. The van der Waals surface area contributed by atoms with Crippen molar-refractivity contribution < 1.29 is 19.1 Å². The van der Waals surface area contributed by atoms with Crippen LogP contribution in [-0.2, 0) is 16.0 Å². The van der Waals surface area contributed by atoms with E-state index in [0.29, 0.717) is 18.7 Å². The molecule has 26 heavy (non-hydrogen) atoms. The topological polar surface area (TPSA) is 67.9 Å². The summed E-state index contributed by atoms with van der Waals surface area (Å²) in [4.78, 5) is 27.1. The highest BCUT2D eigenvalue weighted by Crippen LogP contribution is 2.34. The first-order valence-corrected chi connectivity index (χ1v) is 9.37. The number of rotatable bonds is 5. The number of amides is 2. The van der Waals surface area contributed by atoms with Gasteiger partial charge in [0.1, 0.15) is 6.54 Å². The van der Waals surface area contributed by atoms with Crippen molar-refractivity contribution in [3.63, 3.8) is 0 Å². The Kier molecular flexibility index (Phi) is 4.71. The van der Waals surface area contributed by atoms with E-state index in [1.165, 1.54) is 11.8 Å². The van der Waals surface area contributed by atoms with Gasteiger partial charge in [0.25, 0.3) is 0 Å². The maximum atomic E-state index is 12.3. The monoisotopic (exact) mass is 370 g/mol. The van der Waals surface area contributed by atoms with Crippen molar-refractivity contribution in [1.29, 1.82) is 0 Å². The molecule has 0 aliphatic carbocycles. The number of benzene rings is 2. The zero-order valence-electron chi connectivity index (χ0n) is 14.1. The Balaban J connectivity index is 1.32. The van der Waals surface area contributed by atoms with E-state index in [4.69, 9.17) is 9.47 Å². The van der Waals surface area contributed by atoms with Crippen molar-refractivity contribution in [2.45, 2.75) is 11.3 Å². The molecule has 0 unspecified atom stereocenters. The van der Waals surface area contributed by atoms with Gasteiger partial charge in [-0.2, -0.15) is 0 Å². The summed E-state index contributed by atoms with van der Waals surface area (Å²) in [5.74, 6) is 1.64. The molecule has 0 saturated heterocycles. The van der Waals surface area contributed by atoms with E-state index in [-0.39, 0.29) is 25.2 Å². The fourth-order valence-corrected chi connectivity index (χ4v) is 3.91. The van der Waals surface area contributed by atoms with Gasteiger partial charge < -0.3 is 19.7 Å². The lowest BCUT2D eigenvalue weighted by Crippen LogP contribution is -2.43. The first-order chi connectivity index (χ1) is 12.7. The second-order valence-electron chi connectivity index (χ2n) is 6.02. The summed E-state index contributed by atoms with van der Waals surface area (Å²) in [7, 11) is 0. The molecule has 2 heterocycles. The molecule has 2 aromatic rings. The van der Waals surface area contributed by atoms with Crippen LogP contribution < -0.4 is 19.7 Å². The summed E-state index contributed by atoms with van der Waals surface area (Å²) in [6, 6.07) is 13.4. The molecule has 2 aromatic carbocycles. The van der Waals surface area contributed by atoms with Crippen LogP contribution in [0.3, 0.4) is 0 Å². The minimum atomic E-state index is -0.166. The van der Waals surface area contributed by atoms with Gasteiger partial charge >= 0.3 is 0 Å². The Morgan fingerprint density at radius 3 is 2.92 bits per heavy atom. The Morgan fingerprint density at radius 2 is 2.00 bits per heavy atom. The molecule has 6 nitrogen and oxygen atoms in total. The highest BCUT2D eigenvalue weighted by molar-refractivity contribution is 8.00. The maximum absolute atomic E-state index is 12.3. The van der Waals surface area contributed by atoms with Gasteiger partial charge in [-0.3, -0.25) is 9.59 Å². The largest absolute Gasteiger partial charge is 0.454 e. The summed E-state index contributed by atoms with van der Waals surface area (Å²) in [5.41, 5.74) is 1.87. The number of carbonyl (C=O) groups is 2. The summed E-state index contributed by atoms with van der Waals surface area (Å²) in [6.45, 7) is 0.785. The van der Waals surface area contributed by atoms with Crippen LogP contribution in [0.5, 0.6) is 11.5 Å². The Labute approximate surface area is 155 Å². The molecule has 0 saturated carbocycles. The van der Waals surface area contributed by atoms with Gasteiger partial charge in [-0.15, -0.1) is 11.8 Å². The molecule has 7 heteroatoms. The molecule has 0 fully saturated rings. The van der Waals surface area contributed by atoms with Gasteiger partial charge in [0.05, 0.1) is 11.4 Å². The van der Waals surface area contributed by atoms with Gasteiger partial charge in [0.15, 0.2) is 11.5 Å². The quantitative estimate of drug-likeness (QED) is 0.874. The molecule has 4 rings (SSSR count). The van der Waals surface area contributed by atoms with Crippen LogP contribution in [0.25, 0.3) is 0 Å². The first kappa shape index (κ1) is 16.8. The minimum Gasteiger partial charge on any atom is -0.454 e. The molecule has 2 amide bonds. The van der Waals surface area contributed by atoms with E-state index >= 15 is 0 Å². The van der Waals surface area contributed by atoms with Crippen molar-refractivity contribution in [2.24, 2.45) is 0 Å². The average Bonchev–Trinajstić information content (AvgIpc) is 3.12. The second kappa shape index (κ2) is 7.29. The average molecular weight is 370 g/mol. The van der Waals surface area contributed by atoms with Crippen LogP contribution in [0.15, 0.2) is 47.4 Å². The number of fused-ring (bicyclic) bond motifs is 2. The van der Waals surface area contributed by atoms with Gasteiger partial charge in [-0.1, -0.05) is 18.2 Å². The smallest absolute Gasteiger partial charge is 0.240 e. The van der Waals surface area contributed by atoms with E-state index in [1.54, 1.807) is 4.90 Å². The number of thioether (sulfide) groups is 1. The SMILES string of the molecule is O=C(CN1C(=O)CSc2ccccc21)NCCc1ccc2c(c1)OCO2. The lowest BCUT2D eigenvalue weighted by atomic mass is 10.1. The van der Waals surface area contributed by atoms with Crippen molar-refractivity contribution in [3.8, 4) is 11.5 Å². The molecular weight excluding hydrogens is 352 g/mol. The number of para-hydroxylation sites is 1. The number of hydrogen-bond acceptors (Lipinski definition) is 5. The minimum absolute atomic E-state index is 0.0392. The molecule has 0 bridgehead atoms. The van der Waals surface area contributed by atoms with E-state index < -0.39 is 0 Å².